The smallest absolute Gasteiger partial charge is 0.0297 e. The molecule has 0 saturated heterocycles. The molecule has 2 aromatic carbocycles. The van der Waals surface area contributed by atoms with Crippen molar-refractivity contribution in [1.29, 1.82) is 0 Å². The van der Waals surface area contributed by atoms with Crippen LogP contribution in [-0.4, -0.2) is 6.04 Å². The summed E-state index contributed by atoms with van der Waals surface area (Å²) < 4.78 is 0. The molecule has 0 heterocycles. The van der Waals surface area contributed by atoms with Gasteiger partial charge in [-0.3, -0.25) is 0 Å². The van der Waals surface area contributed by atoms with Crippen molar-refractivity contribution in [1.82, 2.24) is 5.32 Å². The molecular formula is C19H23N. The first-order chi connectivity index (χ1) is 9.74. The molecular weight excluding hydrogens is 242 g/mol. The van der Waals surface area contributed by atoms with Crippen LogP contribution in [0.3, 0.4) is 0 Å². The van der Waals surface area contributed by atoms with Gasteiger partial charge in [-0.15, -0.1) is 0 Å². The lowest BCUT2D eigenvalue weighted by Crippen LogP contribution is -2.36. The van der Waals surface area contributed by atoms with Gasteiger partial charge < -0.3 is 5.32 Å². The van der Waals surface area contributed by atoms with Crippen molar-refractivity contribution in [3.63, 3.8) is 0 Å². The molecule has 0 saturated carbocycles. The predicted molar refractivity (Wildman–Crippen MR) is 85.0 cm³/mol. The molecule has 1 heteroatoms. The van der Waals surface area contributed by atoms with Gasteiger partial charge in [0.05, 0.1) is 0 Å². The topological polar surface area (TPSA) is 12.0 Å². The largest absolute Gasteiger partial charge is 0.307 e. The number of aryl methyl sites for hydroxylation is 2. The van der Waals surface area contributed by atoms with Crippen LogP contribution in [0.25, 0.3) is 0 Å². The number of rotatable bonds is 3. The van der Waals surface area contributed by atoms with Gasteiger partial charge in [-0.1, -0.05) is 48.5 Å². The Morgan fingerprint density at radius 3 is 2.50 bits per heavy atom. The van der Waals surface area contributed by atoms with Crippen LogP contribution in [-0.2, 0) is 12.8 Å². The molecule has 0 aliphatic heterocycles. The van der Waals surface area contributed by atoms with Gasteiger partial charge in [-0.25, -0.2) is 0 Å². The summed E-state index contributed by atoms with van der Waals surface area (Å²) in [5, 5.41) is 3.82. The Hall–Kier alpha value is -1.60. The maximum absolute atomic E-state index is 3.82. The van der Waals surface area contributed by atoms with Crippen LogP contribution >= 0.6 is 0 Å². The predicted octanol–water partition coefficient (Wildman–Crippen LogP) is 4.20. The molecule has 0 radical (unpaired) electrons. The number of nitrogens with one attached hydrogen (secondary N) is 1. The minimum atomic E-state index is 0.423. The SMILES string of the molecule is Cc1ccccc1[C@H](C)NC1CCc2ccccc2C1. The summed E-state index contributed by atoms with van der Waals surface area (Å²) in [4.78, 5) is 0. The summed E-state index contributed by atoms with van der Waals surface area (Å²) in [5.41, 5.74) is 5.86. The van der Waals surface area contributed by atoms with E-state index in [0.717, 1.165) is 6.42 Å². The van der Waals surface area contributed by atoms with Crippen molar-refractivity contribution in [2.24, 2.45) is 0 Å². The number of fused-ring (bicyclic) bond motifs is 1. The van der Waals surface area contributed by atoms with E-state index in [-0.39, 0.29) is 0 Å². The molecule has 0 amide bonds. The average molecular weight is 265 g/mol. The zero-order valence-corrected chi connectivity index (χ0v) is 12.4. The minimum Gasteiger partial charge on any atom is -0.307 e. The first kappa shape index (κ1) is 13.4. The zero-order valence-electron chi connectivity index (χ0n) is 12.4. The fourth-order valence-electron chi connectivity index (χ4n) is 3.36. The third kappa shape index (κ3) is 2.78. The molecule has 104 valence electrons. The van der Waals surface area contributed by atoms with E-state index in [1.807, 2.05) is 0 Å². The second-order valence-electron chi connectivity index (χ2n) is 5.95. The third-order valence-electron chi connectivity index (χ3n) is 4.49. The highest BCUT2D eigenvalue weighted by atomic mass is 14.9. The van der Waals surface area contributed by atoms with Gasteiger partial charge >= 0.3 is 0 Å². The van der Waals surface area contributed by atoms with E-state index in [0.29, 0.717) is 12.1 Å². The van der Waals surface area contributed by atoms with Gasteiger partial charge in [0.25, 0.3) is 0 Å². The highest BCUT2D eigenvalue weighted by molar-refractivity contribution is 5.31. The van der Waals surface area contributed by atoms with Gasteiger partial charge in [0, 0.05) is 12.1 Å². The van der Waals surface area contributed by atoms with Crippen LogP contribution in [0.4, 0.5) is 0 Å². The molecule has 2 aromatic rings. The molecule has 0 bridgehead atoms. The number of hydrogen-bond acceptors (Lipinski definition) is 1. The van der Waals surface area contributed by atoms with Crippen molar-refractivity contribution < 1.29 is 0 Å². The Morgan fingerprint density at radius 2 is 1.70 bits per heavy atom. The monoisotopic (exact) mass is 265 g/mol. The molecule has 0 aromatic heterocycles. The average Bonchev–Trinajstić information content (AvgIpc) is 2.47. The van der Waals surface area contributed by atoms with Gasteiger partial charge in [0.2, 0.25) is 0 Å². The molecule has 20 heavy (non-hydrogen) atoms. The van der Waals surface area contributed by atoms with Gasteiger partial charge in [-0.05, 0) is 55.4 Å². The van der Waals surface area contributed by atoms with Crippen LogP contribution in [0.15, 0.2) is 48.5 Å². The first-order valence-corrected chi connectivity index (χ1v) is 7.62. The quantitative estimate of drug-likeness (QED) is 0.877. The van der Waals surface area contributed by atoms with E-state index in [9.17, 15) is 0 Å². The van der Waals surface area contributed by atoms with E-state index in [4.69, 9.17) is 0 Å². The van der Waals surface area contributed by atoms with E-state index < -0.39 is 0 Å². The molecule has 1 unspecified atom stereocenters. The van der Waals surface area contributed by atoms with E-state index in [1.165, 1.54) is 35.1 Å². The van der Waals surface area contributed by atoms with Crippen LogP contribution in [0.5, 0.6) is 0 Å². The van der Waals surface area contributed by atoms with Crippen LogP contribution in [0, 0.1) is 6.92 Å². The Morgan fingerprint density at radius 1 is 1.00 bits per heavy atom. The molecule has 1 aliphatic carbocycles. The fourth-order valence-corrected chi connectivity index (χ4v) is 3.36. The normalized spacial score (nSPS) is 19.4. The summed E-state index contributed by atoms with van der Waals surface area (Å²) in [6, 6.07) is 18.6. The summed E-state index contributed by atoms with van der Waals surface area (Å²) in [6.07, 6.45) is 3.61. The molecule has 1 nitrogen and oxygen atoms in total. The molecule has 0 fully saturated rings. The maximum Gasteiger partial charge on any atom is 0.0297 e. The highest BCUT2D eigenvalue weighted by Gasteiger charge is 2.20. The van der Waals surface area contributed by atoms with Crippen LogP contribution < -0.4 is 5.32 Å². The highest BCUT2D eigenvalue weighted by Crippen LogP contribution is 2.24. The lowest BCUT2D eigenvalue weighted by atomic mass is 9.87. The standard InChI is InChI=1S/C19H23N/c1-14-7-3-6-10-19(14)15(2)20-18-12-11-16-8-4-5-9-17(16)13-18/h3-10,15,18,20H,11-13H2,1-2H3/t15-,18?/m0/s1. The fraction of sp³-hybridized carbons (Fsp3) is 0.368. The first-order valence-electron chi connectivity index (χ1n) is 7.62. The molecule has 1 aliphatic rings. The Kier molecular flexibility index (Phi) is 3.88. The second kappa shape index (κ2) is 5.80. The molecule has 1 N–H and O–H groups in total. The maximum atomic E-state index is 3.82. The summed E-state index contributed by atoms with van der Waals surface area (Å²) in [6.45, 7) is 4.48. The minimum absolute atomic E-state index is 0.423. The van der Waals surface area contributed by atoms with E-state index in [2.05, 4.69) is 67.7 Å². The van der Waals surface area contributed by atoms with Crippen molar-refractivity contribution >= 4 is 0 Å². The van der Waals surface area contributed by atoms with Crippen molar-refractivity contribution in [2.75, 3.05) is 0 Å². The lowest BCUT2D eigenvalue weighted by Gasteiger charge is -2.29. The summed E-state index contributed by atoms with van der Waals surface area (Å²) in [5.74, 6) is 0. The van der Waals surface area contributed by atoms with Gasteiger partial charge in [0.15, 0.2) is 0 Å². The van der Waals surface area contributed by atoms with Crippen molar-refractivity contribution in [3.05, 3.63) is 70.8 Å². The Labute approximate surface area is 122 Å². The van der Waals surface area contributed by atoms with E-state index in [1.54, 1.807) is 0 Å². The van der Waals surface area contributed by atoms with E-state index >= 15 is 0 Å². The van der Waals surface area contributed by atoms with Gasteiger partial charge in [0.1, 0.15) is 0 Å². The van der Waals surface area contributed by atoms with Crippen molar-refractivity contribution in [3.8, 4) is 0 Å². The molecule has 0 spiro atoms. The summed E-state index contributed by atoms with van der Waals surface area (Å²) >= 11 is 0. The van der Waals surface area contributed by atoms with Crippen LogP contribution in [0.2, 0.25) is 0 Å². The lowest BCUT2D eigenvalue weighted by molar-refractivity contribution is 0.413. The summed E-state index contributed by atoms with van der Waals surface area (Å²) in [7, 11) is 0. The number of benzene rings is 2. The molecule has 3 rings (SSSR count). The third-order valence-corrected chi connectivity index (χ3v) is 4.49. The second-order valence-corrected chi connectivity index (χ2v) is 5.95. The zero-order chi connectivity index (χ0) is 13.9. The molecule has 2 atom stereocenters. The van der Waals surface area contributed by atoms with Gasteiger partial charge in [-0.2, -0.15) is 0 Å². The Bertz CT molecular complexity index is 588. The Balaban J connectivity index is 1.69. The number of hydrogen-bond donors (Lipinski definition) is 1. The van der Waals surface area contributed by atoms with Crippen LogP contribution in [0.1, 0.15) is 41.6 Å². The van der Waals surface area contributed by atoms with Crippen molar-refractivity contribution in [2.45, 2.75) is 45.2 Å².